The summed E-state index contributed by atoms with van der Waals surface area (Å²) < 4.78 is 5.62. The highest BCUT2D eigenvalue weighted by atomic mass is 16.5. The first-order chi connectivity index (χ1) is 9.76. The summed E-state index contributed by atoms with van der Waals surface area (Å²) in [6.45, 7) is 0. The van der Waals surface area contributed by atoms with Crippen molar-refractivity contribution in [1.29, 1.82) is 5.26 Å². The van der Waals surface area contributed by atoms with Gasteiger partial charge in [-0.1, -0.05) is 24.3 Å². The van der Waals surface area contributed by atoms with Crippen LogP contribution in [0.2, 0.25) is 0 Å². The second-order valence-corrected chi connectivity index (χ2v) is 4.60. The molecule has 0 fully saturated rings. The van der Waals surface area contributed by atoms with Gasteiger partial charge in [-0.25, -0.2) is 0 Å². The molecule has 1 N–H and O–H groups in total. The highest BCUT2D eigenvalue weighted by Gasteiger charge is 2.28. The van der Waals surface area contributed by atoms with E-state index in [1.165, 1.54) is 0 Å². The van der Waals surface area contributed by atoms with Crippen LogP contribution in [0.25, 0.3) is 0 Å². The standard InChI is InChI=1S/C16H12N2O2/c17-10-11-4-3-6-13(8-11)18-16(19)15-9-12-5-1-2-7-14(12)20-15/h1-8,15H,9H2,(H,18,19)/t15-/m1/s1. The van der Waals surface area contributed by atoms with Crippen LogP contribution in [0.4, 0.5) is 5.69 Å². The molecule has 0 aromatic heterocycles. The minimum Gasteiger partial charge on any atom is -0.480 e. The van der Waals surface area contributed by atoms with Crippen molar-refractivity contribution in [3.8, 4) is 11.8 Å². The van der Waals surface area contributed by atoms with Crippen LogP contribution in [-0.2, 0) is 11.2 Å². The first kappa shape index (κ1) is 12.2. The number of nitrogens with one attached hydrogen (secondary N) is 1. The van der Waals surface area contributed by atoms with E-state index in [0.29, 0.717) is 17.7 Å². The quantitative estimate of drug-likeness (QED) is 0.906. The molecule has 1 aliphatic rings. The van der Waals surface area contributed by atoms with E-state index in [1.807, 2.05) is 30.3 Å². The number of carbonyl (C=O) groups is 1. The number of nitriles is 1. The van der Waals surface area contributed by atoms with Gasteiger partial charge in [0.1, 0.15) is 5.75 Å². The molecule has 1 aliphatic heterocycles. The number of para-hydroxylation sites is 1. The molecular formula is C16H12N2O2. The SMILES string of the molecule is N#Cc1cccc(NC(=O)[C@H]2Cc3ccccc3O2)c1. The van der Waals surface area contributed by atoms with E-state index in [9.17, 15) is 4.79 Å². The molecule has 0 radical (unpaired) electrons. The number of nitrogens with zero attached hydrogens (tertiary/aromatic N) is 1. The zero-order valence-corrected chi connectivity index (χ0v) is 10.7. The first-order valence-electron chi connectivity index (χ1n) is 6.32. The van der Waals surface area contributed by atoms with Crippen molar-refractivity contribution in [3.63, 3.8) is 0 Å². The Hall–Kier alpha value is -2.80. The van der Waals surface area contributed by atoms with Gasteiger partial charge in [0.05, 0.1) is 11.6 Å². The monoisotopic (exact) mass is 264 g/mol. The Balaban J connectivity index is 1.71. The van der Waals surface area contributed by atoms with E-state index < -0.39 is 6.10 Å². The fraction of sp³-hybridized carbons (Fsp3) is 0.125. The van der Waals surface area contributed by atoms with Crippen LogP contribution >= 0.6 is 0 Å². The summed E-state index contributed by atoms with van der Waals surface area (Å²) >= 11 is 0. The van der Waals surface area contributed by atoms with Gasteiger partial charge in [-0.3, -0.25) is 4.79 Å². The fourth-order valence-electron chi connectivity index (χ4n) is 2.22. The normalized spacial score (nSPS) is 15.8. The van der Waals surface area contributed by atoms with Gasteiger partial charge in [-0.15, -0.1) is 0 Å². The molecule has 1 heterocycles. The Morgan fingerprint density at radius 3 is 2.90 bits per heavy atom. The van der Waals surface area contributed by atoms with Crippen molar-refractivity contribution >= 4 is 11.6 Å². The van der Waals surface area contributed by atoms with Crippen LogP contribution in [0.15, 0.2) is 48.5 Å². The molecule has 20 heavy (non-hydrogen) atoms. The van der Waals surface area contributed by atoms with Gasteiger partial charge >= 0.3 is 0 Å². The summed E-state index contributed by atoms with van der Waals surface area (Å²) in [5.41, 5.74) is 2.16. The molecule has 0 spiro atoms. The van der Waals surface area contributed by atoms with Gasteiger partial charge < -0.3 is 10.1 Å². The maximum absolute atomic E-state index is 12.2. The Bertz CT molecular complexity index is 679. The minimum atomic E-state index is -0.516. The molecule has 1 amide bonds. The smallest absolute Gasteiger partial charge is 0.265 e. The van der Waals surface area contributed by atoms with Crippen molar-refractivity contribution in [2.45, 2.75) is 12.5 Å². The number of benzene rings is 2. The molecule has 2 aromatic rings. The number of amides is 1. The largest absolute Gasteiger partial charge is 0.480 e. The highest BCUT2D eigenvalue weighted by Crippen LogP contribution is 2.28. The molecule has 4 heteroatoms. The Morgan fingerprint density at radius 1 is 1.25 bits per heavy atom. The third-order valence-corrected chi connectivity index (χ3v) is 3.20. The average Bonchev–Trinajstić information content (AvgIpc) is 2.91. The number of fused-ring (bicyclic) bond motifs is 1. The summed E-state index contributed by atoms with van der Waals surface area (Å²) in [7, 11) is 0. The second kappa shape index (κ2) is 5.06. The van der Waals surface area contributed by atoms with Crippen LogP contribution < -0.4 is 10.1 Å². The molecule has 2 aromatic carbocycles. The predicted molar refractivity (Wildman–Crippen MR) is 74.3 cm³/mol. The van der Waals surface area contributed by atoms with Crippen LogP contribution in [-0.4, -0.2) is 12.0 Å². The molecular weight excluding hydrogens is 252 g/mol. The van der Waals surface area contributed by atoms with Gasteiger partial charge in [-0.2, -0.15) is 5.26 Å². The Morgan fingerprint density at radius 2 is 2.10 bits per heavy atom. The topological polar surface area (TPSA) is 62.1 Å². The number of hydrogen-bond acceptors (Lipinski definition) is 3. The molecule has 1 atom stereocenters. The van der Waals surface area contributed by atoms with E-state index in [4.69, 9.17) is 10.00 Å². The third-order valence-electron chi connectivity index (χ3n) is 3.20. The van der Waals surface area contributed by atoms with Gasteiger partial charge in [-0.05, 0) is 29.8 Å². The van der Waals surface area contributed by atoms with Crippen LogP contribution in [0.3, 0.4) is 0 Å². The van der Waals surface area contributed by atoms with Crippen LogP contribution in [0, 0.1) is 11.3 Å². The molecule has 4 nitrogen and oxygen atoms in total. The highest BCUT2D eigenvalue weighted by molar-refractivity contribution is 5.95. The molecule has 3 rings (SSSR count). The second-order valence-electron chi connectivity index (χ2n) is 4.60. The van der Waals surface area contributed by atoms with Crippen molar-refractivity contribution in [1.82, 2.24) is 0 Å². The van der Waals surface area contributed by atoms with Gasteiger partial charge in [0.25, 0.3) is 5.91 Å². The van der Waals surface area contributed by atoms with E-state index in [0.717, 1.165) is 11.3 Å². The maximum atomic E-state index is 12.2. The van der Waals surface area contributed by atoms with Gasteiger partial charge in [0, 0.05) is 12.1 Å². The Kier molecular flexibility index (Phi) is 3.10. The number of carbonyl (C=O) groups excluding carboxylic acids is 1. The predicted octanol–water partition coefficient (Wildman–Crippen LogP) is 2.50. The van der Waals surface area contributed by atoms with E-state index in [2.05, 4.69) is 5.32 Å². The molecule has 0 saturated heterocycles. The summed E-state index contributed by atoms with van der Waals surface area (Å²) in [5.74, 6) is 0.565. The van der Waals surface area contributed by atoms with Crippen LogP contribution in [0.5, 0.6) is 5.75 Å². The Labute approximate surface area is 116 Å². The van der Waals surface area contributed by atoms with Gasteiger partial charge in [0.2, 0.25) is 0 Å². The summed E-state index contributed by atoms with van der Waals surface area (Å²) in [6, 6.07) is 16.5. The number of anilines is 1. The lowest BCUT2D eigenvalue weighted by Gasteiger charge is -2.11. The molecule has 0 aliphatic carbocycles. The zero-order chi connectivity index (χ0) is 13.9. The summed E-state index contributed by atoms with van der Waals surface area (Å²) in [4.78, 5) is 12.2. The molecule has 98 valence electrons. The van der Waals surface area contributed by atoms with E-state index >= 15 is 0 Å². The maximum Gasteiger partial charge on any atom is 0.265 e. The number of hydrogen-bond donors (Lipinski definition) is 1. The molecule has 0 unspecified atom stereocenters. The van der Waals surface area contributed by atoms with Crippen molar-refractivity contribution < 1.29 is 9.53 Å². The van der Waals surface area contributed by atoms with Crippen molar-refractivity contribution in [2.75, 3.05) is 5.32 Å². The van der Waals surface area contributed by atoms with Crippen molar-refractivity contribution in [2.24, 2.45) is 0 Å². The lowest BCUT2D eigenvalue weighted by Crippen LogP contribution is -2.31. The lowest BCUT2D eigenvalue weighted by molar-refractivity contribution is -0.122. The van der Waals surface area contributed by atoms with Gasteiger partial charge in [0.15, 0.2) is 6.10 Å². The molecule has 0 saturated carbocycles. The van der Waals surface area contributed by atoms with E-state index in [1.54, 1.807) is 24.3 Å². The first-order valence-corrected chi connectivity index (χ1v) is 6.32. The van der Waals surface area contributed by atoms with Crippen molar-refractivity contribution in [3.05, 3.63) is 59.7 Å². The lowest BCUT2D eigenvalue weighted by atomic mass is 10.1. The molecule has 0 bridgehead atoms. The summed E-state index contributed by atoms with van der Waals surface area (Å²) in [5, 5.41) is 11.6. The zero-order valence-electron chi connectivity index (χ0n) is 10.7. The number of rotatable bonds is 2. The number of ether oxygens (including phenoxy) is 1. The fourth-order valence-corrected chi connectivity index (χ4v) is 2.22. The minimum absolute atomic E-state index is 0.198. The summed E-state index contributed by atoms with van der Waals surface area (Å²) in [6.07, 6.45) is 0.0538. The average molecular weight is 264 g/mol. The van der Waals surface area contributed by atoms with Crippen LogP contribution in [0.1, 0.15) is 11.1 Å². The van der Waals surface area contributed by atoms with E-state index in [-0.39, 0.29) is 5.91 Å². The third kappa shape index (κ3) is 2.34.